The van der Waals surface area contributed by atoms with Crippen molar-refractivity contribution < 1.29 is 4.39 Å². The maximum atomic E-state index is 13.7. The first-order valence-corrected chi connectivity index (χ1v) is 6.80. The van der Waals surface area contributed by atoms with E-state index in [1.165, 1.54) is 11.3 Å². The zero-order valence-electron chi connectivity index (χ0n) is 11.1. The van der Waals surface area contributed by atoms with Crippen LogP contribution in [0, 0.1) is 12.7 Å². The summed E-state index contributed by atoms with van der Waals surface area (Å²) in [7, 11) is 0. The van der Waals surface area contributed by atoms with Crippen LogP contribution in [0.1, 0.15) is 29.9 Å². The van der Waals surface area contributed by atoms with Gasteiger partial charge in [0.1, 0.15) is 5.82 Å². The van der Waals surface area contributed by atoms with Crippen molar-refractivity contribution in [3.05, 3.63) is 65.5 Å². The zero-order valence-corrected chi connectivity index (χ0v) is 11.1. The molecule has 0 aliphatic heterocycles. The maximum Gasteiger partial charge on any atom is 0.126 e. The van der Waals surface area contributed by atoms with Crippen LogP contribution in [-0.2, 0) is 0 Å². The predicted octanol–water partition coefficient (Wildman–Crippen LogP) is 4.49. The highest BCUT2D eigenvalue weighted by Crippen LogP contribution is 2.39. The average Bonchev–Trinajstić information content (AvgIpc) is 2.37. The molecule has 2 heteroatoms. The number of hydrogen-bond acceptors (Lipinski definition) is 1. The van der Waals surface area contributed by atoms with Gasteiger partial charge in [0.15, 0.2) is 0 Å². The maximum absolute atomic E-state index is 13.7. The summed E-state index contributed by atoms with van der Waals surface area (Å²) < 4.78 is 13.7. The molecule has 0 amide bonds. The first kappa shape index (κ1) is 12.2. The van der Waals surface area contributed by atoms with E-state index in [0.29, 0.717) is 12.0 Å². The fourth-order valence-corrected chi connectivity index (χ4v) is 2.75. The van der Waals surface area contributed by atoms with Crippen molar-refractivity contribution in [3.63, 3.8) is 0 Å². The van der Waals surface area contributed by atoms with Crippen molar-refractivity contribution in [1.82, 2.24) is 0 Å². The molecule has 2 aromatic rings. The van der Waals surface area contributed by atoms with Crippen LogP contribution in [0.5, 0.6) is 0 Å². The van der Waals surface area contributed by atoms with Crippen LogP contribution in [0.2, 0.25) is 0 Å². The van der Waals surface area contributed by atoms with Crippen LogP contribution in [-0.4, -0.2) is 6.04 Å². The number of aryl methyl sites for hydroxylation is 1. The second-order valence-corrected chi connectivity index (χ2v) is 5.35. The van der Waals surface area contributed by atoms with Gasteiger partial charge in [-0.25, -0.2) is 4.39 Å². The fraction of sp³-hybridized carbons (Fsp3) is 0.294. The quantitative estimate of drug-likeness (QED) is 0.852. The third-order valence-corrected chi connectivity index (χ3v) is 3.99. The van der Waals surface area contributed by atoms with Gasteiger partial charge in [0.25, 0.3) is 0 Å². The first-order valence-electron chi connectivity index (χ1n) is 6.80. The molecular formula is C17H18FN. The van der Waals surface area contributed by atoms with E-state index in [1.807, 2.05) is 24.3 Å². The molecule has 1 aliphatic carbocycles. The number of halogens is 1. The Balaban J connectivity index is 1.62. The van der Waals surface area contributed by atoms with Crippen LogP contribution in [0.15, 0.2) is 48.5 Å². The Labute approximate surface area is 113 Å². The smallest absolute Gasteiger partial charge is 0.126 e. The monoisotopic (exact) mass is 255 g/mol. The highest BCUT2D eigenvalue weighted by atomic mass is 19.1. The van der Waals surface area contributed by atoms with Crippen LogP contribution in [0.3, 0.4) is 0 Å². The molecule has 1 N–H and O–H groups in total. The molecule has 98 valence electrons. The lowest BCUT2D eigenvalue weighted by atomic mass is 9.75. The predicted molar refractivity (Wildman–Crippen MR) is 77.0 cm³/mol. The molecule has 1 fully saturated rings. The van der Waals surface area contributed by atoms with Gasteiger partial charge in [-0.05, 0) is 48.9 Å². The minimum atomic E-state index is -0.0677. The van der Waals surface area contributed by atoms with Crippen molar-refractivity contribution >= 4 is 5.69 Å². The normalized spacial score (nSPS) is 21.8. The number of nitrogens with one attached hydrogen (secondary N) is 1. The summed E-state index contributed by atoms with van der Waals surface area (Å²) in [5, 5.41) is 3.54. The van der Waals surface area contributed by atoms with Gasteiger partial charge in [0.2, 0.25) is 0 Å². The van der Waals surface area contributed by atoms with Gasteiger partial charge in [-0.2, -0.15) is 0 Å². The second kappa shape index (κ2) is 5.04. The van der Waals surface area contributed by atoms with E-state index in [-0.39, 0.29) is 5.82 Å². The SMILES string of the molecule is Cc1ccccc1NC1CC(c2ccccc2F)C1. The van der Waals surface area contributed by atoms with E-state index >= 15 is 0 Å². The van der Waals surface area contributed by atoms with Crippen molar-refractivity contribution in [2.75, 3.05) is 5.32 Å². The molecule has 3 rings (SSSR count). The molecule has 1 aliphatic rings. The number of benzene rings is 2. The molecule has 0 radical (unpaired) electrons. The summed E-state index contributed by atoms with van der Waals surface area (Å²) in [6, 6.07) is 15.9. The van der Waals surface area contributed by atoms with Crippen LogP contribution >= 0.6 is 0 Å². The third kappa shape index (κ3) is 2.48. The lowest BCUT2D eigenvalue weighted by molar-refractivity contribution is 0.363. The lowest BCUT2D eigenvalue weighted by Gasteiger charge is -2.37. The number of anilines is 1. The summed E-state index contributed by atoms with van der Waals surface area (Å²) in [6.45, 7) is 2.11. The molecule has 1 saturated carbocycles. The molecule has 1 nitrogen and oxygen atoms in total. The summed E-state index contributed by atoms with van der Waals surface area (Å²) in [6.07, 6.45) is 2.02. The van der Waals surface area contributed by atoms with Crippen molar-refractivity contribution in [2.45, 2.75) is 31.7 Å². The first-order chi connectivity index (χ1) is 9.24. The van der Waals surface area contributed by atoms with E-state index in [1.54, 1.807) is 12.1 Å². The molecular weight excluding hydrogens is 237 g/mol. The molecule has 0 bridgehead atoms. The summed E-state index contributed by atoms with van der Waals surface area (Å²) in [5.41, 5.74) is 3.32. The Morgan fingerprint density at radius 3 is 2.42 bits per heavy atom. The molecule has 2 aromatic carbocycles. The van der Waals surface area contributed by atoms with E-state index in [0.717, 1.165) is 18.4 Å². The van der Waals surface area contributed by atoms with Crippen LogP contribution < -0.4 is 5.32 Å². The lowest BCUT2D eigenvalue weighted by Crippen LogP contribution is -2.34. The van der Waals surface area contributed by atoms with Crippen LogP contribution in [0.4, 0.5) is 10.1 Å². The minimum absolute atomic E-state index is 0.0677. The third-order valence-electron chi connectivity index (χ3n) is 3.99. The number of para-hydroxylation sites is 1. The molecule has 0 atom stereocenters. The highest BCUT2D eigenvalue weighted by Gasteiger charge is 2.31. The largest absolute Gasteiger partial charge is 0.382 e. The van der Waals surface area contributed by atoms with E-state index in [4.69, 9.17) is 0 Å². The fourth-order valence-electron chi connectivity index (χ4n) is 2.75. The van der Waals surface area contributed by atoms with Gasteiger partial charge in [0.05, 0.1) is 0 Å². The average molecular weight is 255 g/mol. The van der Waals surface area contributed by atoms with E-state index in [9.17, 15) is 4.39 Å². The van der Waals surface area contributed by atoms with Gasteiger partial charge in [-0.3, -0.25) is 0 Å². The molecule has 0 saturated heterocycles. The van der Waals surface area contributed by atoms with Crippen molar-refractivity contribution in [1.29, 1.82) is 0 Å². The number of rotatable bonds is 3. The van der Waals surface area contributed by atoms with Gasteiger partial charge >= 0.3 is 0 Å². The molecule has 19 heavy (non-hydrogen) atoms. The molecule has 0 aromatic heterocycles. The van der Waals surface area contributed by atoms with Crippen molar-refractivity contribution in [2.24, 2.45) is 0 Å². The highest BCUT2D eigenvalue weighted by molar-refractivity contribution is 5.51. The Hall–Kier alpha value is -1.83. The standard InChI is InChI=1S/C17H18FN/c1-12-6-2-5-9-17(12)19-14-10-13(11-14)15-7-3-4-8-16(15)18/h2-9,13-14,19H,10-11H2,1H3. The van der Waals surface area contributed by atoms with Crippen molar-refractivity contribution in [3.8, 4) is 0 Å². The Morgan fingerprint density at radius 2 is 1.68 bits per heavy atom. The number of hydrogen-bond donors (Lipinski definition) is 1. The van der Waals surface area contributed by atoms with Crippen LogP contribution in [0.25, 0.3) is 0 Å². The summed E-state index contributed by atoms with van der Waals surface area (Å²) in [4.78, 5) is 0. The Kier molecular flexibility index (Phi) is 3.24. The Bertz CT molecular complexity index is 573. The molecule has 0 heterocycles. The molecule has 0 spiro atoms. The Morgan fingerprint density at radius 1 is 1.00 bits per heavy atom. The van der Waals surface area contributed by atoms with Gasteiger partial charge in [0, 0.05) is 11.7 Å². The van der Waals surface area contributed by atoms with E-state index in [2.05, 4.69) is 24.4 Å². The second-order valence-electron chi connectivity index (χ2n) is 5.35. The van der Waals surface area contributed by atoms with Gasteiger partial charge in [-0.1, -0.05) is 36.4 Å². The minimum Gasteiger partial charge on any atom is -0.382 e. The van der Waals surface area contributed by atoms with Gasteiger partial charge < -0.3 is 5.32 Å². The summed E-state index contributed by atoms with van der Waals surface area (Å²) in [5.74, 6) is 0.296. The van der Waals surface area contributed by atoms with E-state index < -0.39 is 0 Å². The van der Waals surface area contributed by atoms with Gasteiger partial charge in [-0.15, -0.1) is 0 Å². The zero-order chi connectivity index (χ0) is 13.2. The topological polar surface area (TPSA) is 12.0 Å². The summed E-state index contributed by atoms with van der Waals surface area (Å²) >= 11 is 0. The molecule has 0 unspecified atom stereocenters.